The molecule has 0 aromatic rings. The number of rotatable bonds is 62. The Kier molecular flexibility index (Phi) is 63.2. The highest BCUT2D eigenvalue weighted by molar-refractivity contribution is 5.71. The van der Waals surface area contributed by atoms with Crippen LogP contribution in [0.25, 0.3) is 0 Å². The summed E-state index contributed by atoms with van der Waals surface area (Å²) < 4.78 is 17.0. The lowest BCUT2D eigenvalue weighted by atomic mass is 10.1. The van der Waals surface area contributed by atoms with Gasteiger partial charge in [0.05, 0.1) is 0 Å². The highest BCUT2D eigenvalue weighted by Gasteiger charge is 2.19. The second-order valence-corrected chi connectivity index (χ2v) is 22.7. The number of hydrogen-bond donors (Lipinski definition) is 0. The van der Waals surface area contributed by atoms with Gasteiger partial charge >= 0.3 is 17.9 Å². The van der Waals surface area contributed by atoms with Gasteiger partial charge in [-0.1, -0.05) is 287 Å². The van der Waals surface area contributed by atoms with Crippen LogP contribution in [0.3, 0.4) is 0 Å². The molecule has 0 radical (unpaired) electrons. The van der Waals surface area contributed by atoms with Crippen molar-refractivity contribution in [3.05, 3.63) is 60.8 Å². The van der Waals surface area contributed by atoms with Crippen molar-refractivity contribution < 1.29 is 28.6 Å². The van der Waals surface area contributed by atoms with Gasteiger partial charge in [0.2, 0.25) is 0 Å². The predicted octanol–water partition coefficient (Wildman–Crippen LogP) is 23.1. The number of allylic oxidation sites excluding steroid dienone is 10. The molecule has 6 heteroatoms. The maximum atomic E-state index is 12.9. The number of esters is 3. The average Bonchev–Trinajstić information content (AvgIpc) is 3.43. The van der Waals surface area contributed by atoms with Crippen molar-refractivity contribution in [1.29, 1.82) is 0 Å². The SMILES string of the molecule is CCCCC/C=C\C/C=C\C/C=C\CCCCCCCCC(=O)OC(COC(=O)CCCCCCCCCCC/C=C\CCCCCCCC)COC(=O)CCCCCCCCCCC/C=C\CCCCCCCCCC. The summed E-state index contributed by atoms with van der Waals surface area (Å²) in [7, 11) is 0. The molecule has 0 aliphatic rings. The molecule has 0 rings (SSSR count). The van der Waals surface area contributed by atoms with Crippen LogP contribution in [0.15, 0.2) is 60.8 Å². The predicted molar refractivity (Wildman–Crippen MR) is 335 cm³/mol. The number of carbonyl (C=O) groups excluding carboxylic acids is 3. The second-order valence-electron chi connectivity index (χ2n) is 22.7. The topological polar surface area (TPSA) is 78.9 Å². The van der Waals surface area contributed by atoms with Gasteiger partial charge in [-0.3, -0.25) is 14.4 Å². The van der Waals surface area contributed by atoms with Crippen LogP contribution in [0, 0.1) is 0 Å². The molecule has 0 heterocycles. The van der Waals surface area contributed by atoms with Crippen molar-refractivity contribution in [2.45, 2.75) is 361 Å². The molecule has 0 saturated heterocycles. The van der Waals surface area contributed by atoms with Crippen molar-refractivity contribution in [3.8, 4) is 0 Å². The fourth-order valence-corrected chi connectivity index (χ4v) is 9.85. The van der Waals surface area contributed by atoms with Crippen molar-refractivity contribution in [1.82, 2.24) is 0 Å². The van der Waals surface area contributed by atoms with Crippen LogP contribution < -0.4 is 0 Å². The molecule has 448 valence electrons. The smallest absolute Gasteiger partial charge is 0.306 e. The first-order valence-corrected chi connectivity index (χ1v) is 33.8. The third kappa shape index (κ3) is 63.8. The Balaban J connectivity index is 4.38. The molecule has 1 unspecified atom stereocenters. The Morgan fingerprint density at radius 3 is 0.766 bits per heavy atom. The average molecular weight is 1080 g/mol. The van der Waals surface area contributed by atoms with Gasteiger partial charge in [0.15, 0.2) is 6.10 Å². The van der Waals surface area contributed by atoms with Crippen molar-refractivity contribution in [2.75, 3.05) is 13.2 Å². The van der Waals surface area contributed by atoms with Gasteiger partial charge in [0.1, 0.15) is 13.2 Å². The van der Waals surface area contributed by atoms with Gasteiger partial charge in [0, 0.05) is 19.3 Å². The van der Waals surface area contributed by atoms with Crippen LogP contribution in [0.1, 0.15) is 355 Å². The molecule has 6 nitrogen and oxygen atoms in total. The van der Waals surface area contributed by atoms with Crippen LogP contribution in [-0.2, 0) is 28.6 Å². The molecule has 77 heavy (non-hydrogen) atoms. The minimum absolute atomic E-state index is 0.0792. The molecular weight excluding hydrogens is 949 g/mol. The summed E-state index contributed by atoms with van der Waals surface area (Å²) in [5.74, 6) is -0.876. The molecular formula is C71H128O6. The maximum absolute atomic E-state index is 12.9. The summed E-state index contributed by atoms with van der Waals surface area (Å²) in [6.07, 6.45) is 83.7. The zero-order valence-corrected chi connectivity index (χ0v) is 51.5. The van der Waals surface area contributed by atoms with Crippen LogP contribution in [0.5, 0.6) is 0 Å². The van der Waals surface area contributed by atoms with Gasteiger partial charge in [-0.2, -0.15) is 0 Å². The van der Waals surface area contributed by atoms with Crippen molar-refractivity contribution in [2.24, 2.45) is 0 Å². The summed E-state index contributed by atoms with van der Waals surface area (Å²) >= 11 is 0. The summed E-state index contributed by atoms with van der Waals surface area (Å²) in [5.41, 5.74) is 0. The molecule has 0 bridgehead atoms. The quantitative estimate of drug-likeness (QED) is 0.0261. The molecule has 0 spiro atoms. The van der Waals surface area contributed by atoms with Gasteiger partial charge in [-0.15, -0.1) is 0 Å². The van der Waals surface area contributed by atoms with E-state index in [0.717, 1.165) is 83.5 Å². The second kappa shape index (κ2) is 65.6. The van der Waals surface area contributed by atoms with Gasteiger partial charge in [-0.05, 0) is 109 Å². The minimum Gasteiger partial charge on any atom is -0.462 e. The van der Waals surface area contributed by atoms with E-state index in [9.17, 15) is 14.4 Å². The molecule has 0 fully saturated rings. The first-order valence-electron chi connectivity index (χ1n) is 33.8. The van der Waals surface area contributed by atoms with Crippen molar-refractivity contribution >= 4 is 17.9 Å². The van der Waals surface area contributed by atoms with E-state index in [1.165, 1.54) is 231 Å². The Morgan fingerprint density at radius 1 is 0.260 bits per heavy atom. The largest absolute Gasteiger partial charge is 0.462 e. The summed E-state index contributed by atoms with van der Waals surface area (Å²) in [5, 5.41) is 0. The van der Waals surface area contributed by atoms with E-state index in [1.807, 2.05) is 0 Å². The molecule has 0 aliphatic heterocycles. The van der Waals surface area contributed by atoms with Crippen LogP contribution >= 0.6 is 0 Å². The van der Waals surface area contributed by atoms with E-state index in [1.54, 1.807) is 0 Å². The molecule has 0 aromatic carbocycles. The van der Waals surface area contributed by atoms with E-state index in [0.29, 0.717) is 19.3 Å². The van der Waals surface area contributed by atoms with E-state index in [-0.39, 0.29) is 31.1 Å². The normalized spacial score (nSPS) is 12.4. The van der Waals surface area contributed by atoms with Crippen LogP contribution in [0.4, 0.5) is 0 Å². The lowest BCUT2D eigenvalue weighted by molar-refractivity contribution is -0.167. The zero-order valence-electron chi connectivity index (χ0n) is 51.5. The Bertz CT molecular complexity index is 1380. The highest BCUT2D eigenvalue weighted by atomic mass is 16.6. The van der Waals surface area contributed by atoms with E-state index >= 15 is 0 Å². The fraction of sp³-hybridized carbons (Fsp3) is 0.817. The molecule has 1 atom stereocenters. The lowest BCUT2D eigenvalue weighted by Crippen LogP contribution is -2.30. The summed E-state index contributed by atoms with van der Waals surface area (Å²) in [6, 6.07) is 0. The van der Waals surface area contributed by atoms with E-state index < -0.39 is 6.10 Å². The molecule has 0 N–H and O–H groups in total. The first-order chi connectivity index (χ1) is 38.0. The minimum atomic E-state index is -0.784. The van der Waals surface area contributed by atoms with Crippen molar-refractivity contribution in [3.63, 3.8) is 0 Å². The van der Waals surface area contributed by atoms with E-state index in [4.69, 9.17) is 14.2 Å². The molecule has 0 saturated carbocycles. The monoisotopic (exact) mass is 1080 g/mol. The number of unbranched alkanes of at least 4 members (excludes halogenated alkanes) is 41. The Hall–Kier alpha value is -2.89. The first kappa shape index (κ1) is 74.1. The summed E-state index contributed by atoms with van der Waals surface area (Å²) in [4.78, 5) is 38.4. The molecule has 0 aliphatic carbocycles. The molecule has 0 aromatic heterocycles. The van der Waals surface area contributed by atoms with Gasteiger partial charge in [-0.25, -0.2) is 0 Å². The van der Waals surface area contributed by atoms with E-state index in [2.05, 4.69) is 81.5 Å². The number of carbonyl (C=O) groups is 3. The standard InChI is InChI=1S/C71H128O6/c1-4-7-10-13-16-19-22-25-28-31-34-35-38-40-43-46-49-52-55-58-61-64-70(73)76-67-68(77-71(74)65-62-59-56-53-50-47-44-41-37-33-30-27-24-21-18-15-12-9-6-3)66-75-69(72)63-60-57-54-51-48-45-42-39-36-32-29-26-23-20-17-14-11-8-5-2/h18,21,26-27,29-31,34,37,41,68H,4-17,19-20,22-25,28,32-33,35-36,38-40,42-67H2,1-3H3/b21-18-,29-26-,30-27-,34-31-,41-37-. The maximum Gasteiger partial charge on any atom is 0.306 e. The molecule has 0 amide bonds. The Morgan fingerprint density at radius 2 is 0.468 bits per heavy atom. The third-order valence-corrected chi connectivity index (χ3v) is 15.0. The number of ether oxygens (including phenoxy) is 3. The number of hydrogen-bond acceptors (Lipinski definition) is 6. The summed E-state index contributed by atoms with van der Waals surface area (Å²) in [6.45, 7) is 6.65. The fourth-order valence-electron chi connectivity index (χ4n) is 9.85. The lowest BCUT2D eigenvalue weighted by Gasteiger charge is -2.18. The van der Waals surface area contributed by atoms with Crippen LogP contribution in [0.2, 0.25) is 0 Å². The van der Waals surface area contributed by atoms with Gasteiger partial charge in [0.25, 0.3) is 0 Å². The zero-order chi connectivity index (χ0) is 55.7. The highest BCUT2D eigenvalue weighted by Crippen LogP contribution is 2.17. The Labute approximate surface area is 479 Å². The van der Waals surface area contributed by atoms with Crippen LogP contribution in [-0.4, -0.2) is 37.2 Å². The third-order valence-electron chi connectivity index (χ3n) is 15.0. The van der Waals surface area contributed by atoms with Gasteiger partial charge < -0.3 is 14.2 Å².